The number of aryl methyl sites for hydroxylation is 1. The molecule has 2 aromatic rings. The maximum Gasteiger partial charge on any atom is 0.247 e. The lowest BCUT2D eigenvalue weighted by molar-refractivity contribution is 0.375. The highest BCUT2D eigenvalue weighted by Gasteiger charge is 2.34. The number of hydrogen-bond donors (Lipinski definition) is 1. The molecule has 144 valence electrons. The second-order valence-electron chi connectivity index (χ2n) is 6.66. The van der Waals surface area contributed by atoms with Crippen LogP contribution in [-0.2, 0) is 20.0 Å². The van der Waals surface area contributed by atoms with Gasteiger partial charge >= 0.3 is 0 Å². The summed E-state index contributed by atoms with van der Waals surface area (Å²) in [4.78, 5) is 0. The number of sulfonamides is 2. The Morgan fingerprint density at radius 2 is 1.56 bits per heavy atom. The Labute approximate surface area is 159 Å². The third-order valence-corrected chi connectivity index (χ3v) is 5.82. The van der Waals surface area contributed by atoms with Crippen LogP contribution in [0.4, 0.5) is 5.69 Å². The molecule has 1 aliphatic heterocycles. The van der Waals surface area contributed by atoms with Crippen molar-refractivity contribution >= 4 is 31.4 Å². The van der Waals surface area contributed by atoms with Gasteiger partial charge in [0.15, 0.2) is 0 Å². The molecule has 0 bridgehead atoms. The van der Waals surface area contributed by atoms with Gasteiger partial charge in [0.1, 0.15) is 0 Å². The Hall–Kier alpha value is -2.39. The van der Waals surface area contributed by atoms with E-state index >= 15 is 0 Å². The summed E-state index contributed by atoms with van der Waals surface area (Å²) in [6.07, 6.45) is 2.66. The van der Waals surface area contributed by atoms with Crippen LogP contribution in [0.5, 0.6) is 0 Å². The van der Waals surface area contributed by atoms with Gasteiger partial charge in [0.05, 0.1) is 24.3 Å². The Bertz CT molecular complexity index is 1070. The average molecular weight is 408 g/mol. The molecule has 3 rings (SSSR count). The maximum absolute atomic E-state index is 12.2. The van der Waals surface area contributed by atoms with Crippen LogP contribution < -0.4 is 4.72 Å². The second kappa shape index (κ2) is 6.97. The molecule has 1 heterocycles. The Kier molecular flexibility index (Phi) is 5.00. The first kappa shape index (κ1) is 19.4. The lowest BCUT2D eigenvalue weighted by Crippen LogP contribution is -2.25. The molecular weight excluding hydrogens is 386 g/mol. The number of hydrazone groups is 1. The predicted octanol–water partition coefficient (Wildman–Crippen LogP) is 2.48. The van der Waals surface area contributed by atoms with E-state index in [2.05, 4.69) is 9.82 Å². The molecule has 0 fully saturated rings. The number of rotatable bonds is 5. The Balaban J connectivity index is 1.91. The fourth-order valence-corrected chi connectivity index (χ4v) is 4.42. The first-order valence-corrected chi connectivity index (χ1v) is 12.0. The normalized spacial score (nSPS) is 17.7. The molecule has 1 N–H and O–H groups in total. The molecule has 2 aromatic carbocycles. The summed E-state index contributed by atoms with van der Waals surface area (Å²) < 4.78 is 50.6. The maximum atomic E-state index is 12.2. The van der Waals surface area contributed by atoms with Crippen molar-refractivity contribution in [2.24, 2.45) is 5.10 Å². The van der Waals surface area contributed by atoms with Crippen LogP contribution in [0, 0.1) is 6.92 Å². The highest BCUT2D eigenvalue weighted by atomic mass is 32.2. The summed E-state index contributed by atoms with van der Waals surface area (Å²) in [5.74, 6) is 0. The number of hydrogen-bond acceptors (Lipinski definition) is 5. The van der Waals surface area contributed by atoms with E-state index in [-0.39, 0.29) is 0 Å². The van der Waals surface area contributed by atoms with Gasteiger partial charge in [-0.1, -0.05) is 42.0 Å². The summed E-state index contributed by atoms with van der Waals surface area (Å²) in [5, 5.41) is 4.34. The average Bonchev–Trinajstić information content (AvgIpc) is 3.00. The Morgan fingerprint density at radius 1 is 0.963 bits per heavy atom. The zero-order chi connectivity index (χ0) is 19.8. The number of nitrogens with one attached hydrogen (secondary N) is 1. The summed E-state index contributed by atoms with van der Waals surface area (Å²) in [5.41, 5.74) is 3.79. The number of anilines is 1. The zero-order valence-electron chi connectivity index (χ0n) is 15.2. The first-order chi connectivity index (χ1) is 12.5. The fourth-order valence-electron chi connectivity index (χ4n) is 2.95. The van der Waals surface area contributed by atoms with E-state index < -0.39 is 26.1 Å². The number of nitrogens with zero attached hydrogens (tertiary/aromatic N) is 2. The third kappa shape index (κ3) is 4.67. The van der Waals surface area contributed by atoms with E-state index in [4.69, 9.17) is 0 Å². The highest BCUT2D eigenvalue weighted by Crippen LogP contribution is 2.34. The van der Waals surface area contributed by atoms with Crippen molar-refractivity contribution in [3.8, 4) is 0 Å². The van der Waals surface area contributed by atoms with E-state index in [0.29, 0.717) is 17.8 Å². The molecule has 0 amide bonds. The third-order valence-electron chi connectivity index (χ3n) is 4.20. The van der Waals surface area contributed by atoms with Crippen molar-refractivity contribution < 1.29 is 16.8 Å². The molecule has 0 aliphatic carbocycles. The molecule has 0 saturated heterocycles. The molecule has 0 unspecified atom stereocenters. The van der Waals surface area contributed by atoms with Crippen LogP contribution in [0.15, 0.2) is 53.6 Å². The highest BCUT2D eigenvalue weighted by molar-refractivity contribution is 7.92. The van der Waals surface area contributed by atoms with Gasteiger partial charge in [-0.05, 0) is 30.2 Å². The molecule has 0 saturated carbocycles. The van der Waals surface area contributed by atoms with Gasteiger partial charge in [0.2, 0.25) is 20.0 Å². The van der Waals surface area contributed by atoms with E-state index in [9.17, 15) is 16.8 Å². The first-order valence-electron chi connectivity index (χ1n) is 8.24. The van der Waals surface area contributed by atoms with Crippen LogP contribution in [0.25, 0.3) is 0 Å². The number of benzene rings is 2. The second-order valence-corrected chi connectivity index (χ2v) is 10.3. The van der Waals surface area contributed by atoms with Gasteiger partial charge in [-0.15, -0.1) is 0 Å². The van der Waals surface area contributed by atoms with Gasteiger partial charge in [-0.25, -0.2) is 16.8 Å². The summed E-state index contributed by atoms with van der Waals surface area (Å²) in [7, 11) is -6.88. The largest absolute Gasteiger partial charge is 0.284 e. The van der Waals surface area contributed by atoms with Crippen LogP contribution in [0.2, 0.25) is 0 Å². The summed E-state index contributed by atoms with van der Waals surface area (Å²) in [6.45, 7) is 1.97. The standard InChI is InChI=1S/C18H21N3O4S2/c1-13-4-6-15(7-5-13)18-12-17(19-21(18)27(3,24)25)14-8-10-16(11-9-14)20-26(2,22)23/h4-11,18,20H,12H2,1-3H3/t18-/m0/s1. The van der Waals surface area contributed by atoms with E-state index in [1.807, 2.05) is 31.2 Å². The van der Waals surface area contributed by atoms with Crippen molar-refractivity contribution in [2.75, 3.05) is 17.2 Å². The van der Waals surface area contributed by atoms with Crippen molar-refractivity contribution in [1.29, 1.82) is 0 Å². The lowest BCUT2D eigenvalue weighted by atomic mass is 9.98. The van der Waals surface area contributed by atoms with Crippen LogP contribution in [-0.4, -0.2) is 39.5 Å². The molecule has 0 aromatic heterocycles. The lowest BCUT2D eigenvalue weighted by Gasteiger charge is -2.21. The SMILES string of the molecule is Cc1ccc([C@@H]2CC(c3ccc(NS(C)(=O)=O)cc3)=NN2S(C)(=O)=O)cc1. The Morgan fingerprint density at radius 3 is 2.07 bits per heavy atom. The minimum atomic E-state index is -3.53. The molecule has 9 heteroatoms. The fraction of sp³-hybridized carbons (Fsp3) is 0.278. The summed E-state index contributed by atoms with van der Waals surface area (Å²) in [6, 6.07) is 14.0. The van der Waals surface area contributed by atoms with Crippen LogP contribution >= 0.6 is 0 Å². The van der Waals surface area contributed by atoms with E-state index in [1.165, 1.54) is 0 Å². The molecule has 1 atom stereocenters. The molecule has 7 nitrogen and oxygen atoms in total. The van der Waals surface area contributed by atoms with Crippen LogP contribution in [0.1, 0.15) is 29.2 Å². The van der Waals surface area contributed by atoms with Crippen LogP contribution in [0.3, 0.4) is 0 Å². The van der Waals surface area contributed by atoms with Gasteiger partial charge in [-0.2, -0.15) is 9.52 Å². The monoisotopic (exact) mass is 407 g/mol. The topological polar surface area (TPSA) is 95.9 Å². The molecular formula is C18H21N3O4S2. The molecule has 0 radical (unpaired) electrons. The van der Waals surface area contributed by atoms with Crippen molar-refractivity contribution in [1.82, 2.24) is 4.41 Å². The van der Waals surface area contributed by atoms with E-state index in [1.54, 1.807) is 24.3 Å². The van der Waals surface area contributed by atoms with E-state index in [0.717, 1.165) is 33.6 Å². The van der Waals surface area contributed by atoms with Crippen molar-refractivity contribution in [3.63, 3.8) is 0 Å². The predicted molar refractivity (Wildman–Crippen MR) is 107 cm³/mol. The smallest absolute Gasteiger partial charge is 0.247 e. The molecule has 27 heavy (non-hydrogen) atoms. The van der Waals surface area contributed by atoms with Crippen molar-refractivity contribution in [3.05, 3.63) is 65.2 Å². The van der Waals surface area contributed by atoms with Gasteiger partial charge in [-0.3, -0.25) is 4.72 Å². The summed E-state index contributed by atoms with van der Waals surface area (Å²) >= 11 is 0. The zero-order valence-corrected chi connectivity index (χ0v) is 16.9. The van der Waals surface area contributed by atoms with Crippen molar-refractivity contribution in [2.45, 2.75) is 19.4 Å². The molecule has 1 aliphatic rings. The minimum absolute atomic E-state index is 0.399. The van der Waals surface area contributed by atoms with Gasteiger partial charge < -0.3 is 0 Å². The molecule has 0 spiro atoms. The van der Waals surface area contributed by atoms with Gasteiger partial charge in [0.25, 0.3) is 0 Å². The quantitative estimate of drug-likeness (QED) is 0.824. The van der Waals surface area contributed by atoms with Gasteiger partial charge in [0, 0.05) is 12.1 Å². The minimum Gasteiger partial charge on any atom is -0.284 e.